The van der Waals surface area contributed by atoms with Gasteiger partial charge < -0.3 is 14.0 Å². The molecule has 0 aromatic carbocycles. The van der Waals surface area contributed by atoms with Gasteiger partial charge in [-0.15, -0.1) is 0 Å². The predicted octanol–water partition coefficient (Wildman–Crippen LogP) is 2.55. The number of hydrogen-bond donors (Lipinski definition) is 0. The molecule has 1 aliphatic heterocycles. The number of nitrogens with zero attached hydrogens (tertiary/aromatic N) is 1. The Hall–Kier alpha value is -1.66. The highest BCUT2D eigenvalue weighted by atomic mass is 16.7. The molecule has 0 atom stereocenters. The molecule has 1 aromatic heterocycles. The third-order valence-corrected chi connectivity index (χ3v) is 4.00. The molecule has 0 unspecified atom stereocenters. The first kappa shape index (κ1) is 15.7. The van der Waals surface area contributed by atoms with Crippen molar-refractivity contribution in [1.29, 1.82) is 0 Å². The molecule has 1 aliphatic rings. The second-order valence-electron chi connectivity index (χ2n) is 5.92. The summed E-state index contributed by atoms with van der Waals surface area (Å²) in [6.07, 6.45) is 4.11. The van der Waals surface area contributed by atoms with Gasteiger partial charge in [0.1, 0.15) is 0 Å². The Bertz CT molecular complexity index is 553. The minimum atomic E-state index is -0.450. The van der Waals surface area contributed by atoms with Crippen LogP contribution in [0.2, 0.25) is 0 Å². The fourth-order valence-corrected chi connectivity index (χ4v) is 2.04. The van der Waals surface area contributed by atoms with Gasteiger partial charge in [0.2, 0.25) is 5.88 Å². The summed E-state index contributed by atoms with van der Waals surface area (Å²) in [6, 6.07) is 1.74. The summed E-state index contributed by atoms with van der Waals surface area (Å²) in [5, 5.41) is 0. The van der Waals surface area contributed by atoms with Gasteiger partial charge in [0.25, 0.3) is 0 Å². The molecule has 5 nitrogen and oxygen atoms in total. The molecule has 0 spiro atoms. The van der Waals surface area contributed by atoms with E-state index in [9.17, 15) is 4.79 Å². The van der Waals surface area contributed by atoms with Gasteiger partial charge in [-0.3, -0.25) is 4.79 Å². The molecule has 0 aliphatic carbocycles. The Morgan fingerprint density at radius 1 is 1.24 bits per heavy atom. The standard InChI is InChI=1S/C15H20BNO4/c1-14(2)15(3,4)21-16(20-14)8-6-11-7-9-17-13(19-5)12(11)10-18/h6-10H,1-5H3/b8-6+. The Morgan fingerprint density at radius 3 is 2.38 bits per heavy atom. The Balaban J connectivity index is 2.22. The highest BCUT2D eigenvalue weighted by Gasteiger charge is 2.50. The average Bonchev–Trinajstić information content (AvgIpc) is 2.63. The number of rotatable bonds is 4. The number of ether oxygens (including phenoxy) is 1. The normalized spacial score (nSPS) is 20.0. The highest BCUT2D eigenvalue weighted by Crippen LogP contribution is 2.37. The molecule has 1 saturated heterocycles. The smallest absolute Gasteiger partial charge is 0.480 e. The van der Waals surface area contributed by atoms with E-state index < -0.39 is 7.12 Å². The van der Waals surface area contributed by atoms with E-state index in [0.29, 0.717) is 17.0 Å². The molecule has 0 radical (unpaired) electrons. The predicted molar refractivity (Wildman–Crippen MR) is 81.3 cm³/mol. The highest BCUT2D eigenvalue weighted by molar-refractivity contribution is 6.52. The summed E-state index contributed by atoms with van der Waals surface area (Å²) in [4.78, 5) is 15.2. The monoisotopic (exact) mass is 289 g/mol. The van der Waals surface area contributed by atoms with Gasteiger partial charge in [0, 0.05) is 6.20 Å². The van der Waals surface area contributed by atoms with E-state index in [4.69, 9.17) is 14.0 Å². The summed E-state index contributed by atoms with van der Waals surface area (Å²) >= 11 is 0. The fourth-order valence-electron chi connectivity index (χ4n) is 2.04. The number of carbonyl (C=O) groups is 1. The van der Waals surface area contributed by atoms with Crippen LogP contribution >= 0.6 is 0 Å². The second-order valence-corrected chi connectivity index (χ2v) is 5.92. The van der Waals surface area contributed by atoms with Crippen molar-refractivity contribution >= 4 is 19.5 Å². The molecule has 112 valence electrons. The molecule has 0 bridgehead atoms. The van der Waals surface area contributed by atoms with Gasteiger partial charge >= 0.3 is 7.12 Å². The van der Waals surface area contributed by atoms with Gasteiger partial charge in [-0.25, -0.2) is 4.98 Å². The quantitative estimate of drug-likeness (QED) is 0.629. The maximum absolute atomic E-state index is 11.2. The molecule has 0 N–H and O–H groups in total. The number of aromatic nitrogens is 1. The molecule has 2 rings (SSSR count). The minimum absolute atomic E-state index is 0.307. The maximum Gasteiger partial charge on any atom is 0.487 e. The summed E-state index contributed by atoms with van der Waals surface area (Å²) in [5.41, 5.74) is 0.357. The van der Waals surface area contributed by atoms with Crippen molar-refractivity contribution in [2.75, 3.05) is 7.11 Å². The van der Waals surface area contributed by atoms with E-state index in [1.54, 1.807) is 24.3 Å². The van der Waals surface area contributed by atoms with Crippen molar-refractivity contribution in [3.05, 3.63) is 29.4 Å². The van der Waals surface area contributed by atoms with Crippen molar-refractivity contribution in [2.45, 2.75) is 38.9 Å². The Labute approximate surface area is 125 Å². The zero-order chi connectivity index (χ0) is 15.7. The zero-order valence-corrected chi connectivity index (χ0v) is 13.0. The number of hydrogen-bond acceptors (Lipinski definition) is 5. The molecule has 0 amide bonds. The van der Waals surface area contributed by atoms with Crippen LogP contribution in [-0.2, 0) is 9.31 Å². The SMILES string of the molecule is COc1nccc(/C=C/B2OC(C)(C)C(C)(C)O2)c1C=O. The second kappa shape index (κ2) is 5.62. The van der Waals surface area contributed by atoms with Crippen LogP contribution in [0.3, 0.4) is 0 Å². The zero-order valence-electron chi connectivity index (χ0n) is 13.0. The van der Waals surface area contributed by atoms with Crippen LogP contribution in [0.15, 0.2) is 18.2 Å². The Kier molecular flexibility index (Phi) is 4.21. The maximum atomic E-state index is 11.2. The van der Waals surface area contributed by atoms with E-state index in [1.807, 2.05) is 27.7 Å². The van der Waals surface area contributed by atoms with E-state index in [-0.39, 0.29) is 11.2 Å². The van der Waals surface area contributed by atoms with Crippen LogP contribution < -0.4 is 4.74 Å². The van der Waals surface area contributed by atoms with E-state index in [2.05, 4.69) is 4.98 Å². The van der Waals surface area contributed by atoms with Gasteiger partial charge in [0.05, 0.1) is 23.9 Å². The summed E-state index contributed by atoms with van der Waals surface area (Å²) in [6.45, 7) is 7.97. The summed E-state index contributed by atoms with van der Waals surface area (Å²) in [5.74, 6) is 2.10. The number of carbonyl (C=O) groups excluding carboxylic acids is 1. The number of methoxy groups -OCH3 is 1. The van der Waals surface area contributed by atoms with Crippen LogP contribution in [0.1, 0.15) is 43.6 Å². The largest absolute Gasteiger partial charge is 0.487 e. The molecule has 1 fully saturated rings. The van der Waals surface area contributed by atoms with Crippen LogP contribution in [0.4, 0.5) is 0 Å². The van der Waals surface area contributed by atoms with Crippen LogP contribution in [0, 0.1) is 0 Å². The lowest BCUT2D eigenvalue weighted by molar-refractivity contribution is 0.00578. The van der Waals surface area contributed by atoms with E-state index >= 15 is 0 Å². The lowest BCUT2D eigenvalue weighted by Crippen LogP contribution is -2.41. The van der Waals surface area contributed by atoms with Crippen molar-refractivity contribution in [3.63, 3.8) is 0 Å². The Morgan fingerprint density at radius 2 is 1.86 bits per heavy atom. The average molecular weight is 289 g/mol. The number of aldehydes is 1. The lowest BCUT2D eigenvalue weighted by Gasteiger charge is -2.32. The lowest BCUT2D eigenvalue weighted by atomic mass is 9.88. The third kappa shape index (κ3) is 3.01. The molecular weight excluding hydrogens is 269 g/mol. The van der Waals surface area contributed by atoms with Gasteiger partial charge in [-0.05, 0) is 39.3 Å². The van der Waals surface area contributed by atoms with Gasteiger partial charge in [0.15, 0.2) is 6.29 Å². The minimum Gasteiger partial charge on any atom is -0.480 e. The summed E-state index contributed by atoms with van der Waals surface area (Å²) < 4.78 is 16.8. The molecule has 21 heavy (non-hydrogen) atoms. The van der Waals surface area contributed by atoms with Crippen LogP contribution in [0.5, 0.6) is 5.88 Å². The number of pyridine rings is 1. The molecule has 6 heteroatoms. The van der Waals surface area contributed by atoms with Gasteiger partial charge in [-0.1, -0.05) is 12.1 Å². The van der Waals surface area contributed by atoms with Crippen LogP contribution in [0.25, 0.3) is 6.08 Å². The molecule has 2 heterocycles. The first-order chi connectivity index (χ1) is 9.80. The molecule has 0 saturated carbocycles. The summed E-state index contributed by atoms with van der Waals surface area (Å²) in [7, 11) is 1.03. The van der Waals surface area contributed by atoms with E-state index in [0.717, 1.165) is 6.29 Å². The van der Waals surface area contributed by atoms with Crippen molar-refractivity contribution in [1.82, 2.24) is 4.98 Å². The van der Waals surface area contributed by atoms with Crippen molar-refractivity contribution in [3.8, 4) is 5.88 Å². The first-order valence-corrected chi connectivity index (χ1v) is 6.83. The third-order valence-electron chi connectivity index (χ3n) is 4.00. The molecule has 1 aromatic rings. The van der Waals surface area contributed by atoms with Crippen molar-refractivity contribution < 1.29 is 18.8 Å². The topological polar surface area (TPSA) is 57.6 Å². The van der Waals surface area contributed by atoms with Crippen molar-refractivity contribution in [2.24, 2.45) is 0 Å². The first-order valence-electron chi connectivity index (χ1n) is 6.83. The van der Waals surface area contributed by atoms with Gasteiger partial charge in [-0.2, -0.15) is 0 Å². The van der Waals surface area contributed by atoms with Crippen LogP contribution in [-0.4, -0.2) is 36.7 Å². The molecular formula is C15H20BNO4. The fraction of sp³-hybridized carbons (Fsp3) is 0.467. The van der Waals surface area contributed by atoms with E-state index in [1.165, 1.54) is 7.11 Å².